The van der Waals surface area contributed by atoms with Crippen molar-refractivity contribution in [1.82, 2.24) is 24.9 Å². The van der Waals surface area contributed by atoms with Crippen LogP contribution in [0, 0.1) is 0 Å². The van der Waals surface area contributed by atoms with Gasteiger partial charge in [-0.1, -0.05) is 23.7 Å². The van der Waals surface area contributed by atoms with Crippen molar-refractivity contribution < 1.29 is 18.3 Å². The van der Waals surface area contributed by atoms with Crippen molar-refractivity contribution in [2.24, 2.45) is 0 Å². The van der Waals surface area contributed by atoms with E-state index in [4.69, 9.17) is 11.6 Å². The number of aliphatic hydroxyl groups is 1. The maximum Gasteiger partial charge on any atom is 0.276 e. The maximum atomic E-state index is 12.9. The topological polar surface area (TPSA) is 141 Å². The number of sulfonamides is 1. The molecule has 10 nitrogen and oxygen atoms in total. The normalized spacial score (nSPS) is 15.4. The number of tetrazole rings is 1. The van der Waals surface area contributed by atoms with Gasteiger partial charge in [-0.25, -0.2) is 13.5 Å². The number of aliphatic hydroxyl groups excluding tert-OH is 1. The predicted octanol–water partition coefficient (Wildman–Crippen LogP) is 2.08. The van der Waals surface area contributed by atoms with Crippen LogP contribution >= 0.6 is 22.9 Å². The minimum absolute atomic E-state index is 0.00836. The molecule has 0 saturated heterocycles. The Kier molecular flexibility index (Phi) is 4.33. The fourth-order valence-electron chi connectivity index (χ4n) is 2.73. The van der Waals surface area contributed by atoms with Gasteiger partial charge in [0.05, 0.1) is 15.6 Å². The molecule has 0 saturated carbocycles. The summed E-state index contributed by atoms with van der Waals surface area (Å²) in [6, 6.07) is 7.97. The molecule has 0 radical (unpaired) electrons. The highest BCUT2D eigenvalue weighted by Crippen LogP contribution is 2.42. The fourth-order valence-corrected chi connectivity index (χ4v) is 5.94. The third-order valence-electron chi connectivity index (χ3n) is 4.05. The Bertz CT molecular complexity index is 1220. The Labute approximate surface area is 167 Å². The number of anilines is 1. The van der Waals surface area contributed by atoms with Crippen molar-refractivity contribution >= 4 is 50.3 Å². The van der Waals surface area contributed by atoms with Gasteiger partial charge in [0.2, 0.25) is 0 Å². The molecule has 3 heterocycles. The quantitative estimate of drug-likeness (QED) is 0.568. The number of nitrogens with one attached hydrogen (secondary N) is 2. The number of H-pyrrole nitrogens is 1. The SMILES string of the molecule is CN1C(C(=O)Nc2ccccc2-c2nnn[nH]2)=C(O)c2cc(Cl)sc2S1(=O)=O. The number of hydrogen-bond donors (Lipinski definition) is 3. The first-order chi connectivity index (χ1) is 13.3. The molecule has 144 valence electrons. The Morgan fingerprint density at radius 1 is 1.32 bits per heavy atom. The predicted molar refractivity (Wildman–Crippen MR) is 102 cm³/mol. The molecule has 3 N–H and O–H groups in total. The first kappa shape index (κ1) is 18.4. The van der Waals surface area contributed by atoms with Crippen LogP contribution in [0.15, 0.2) is 40.2 Å². The van der Waals surface area contributed by atoms with Crippen molar-refractivity contribution in [2.45, 2.75) is 4.21 Å². The lowest BCUT2D eigenvalue weighted by Gasteiger charge is -2.26. The minimum Gasteiger partial charge on any atom is -0.505 e. The Morgan fingerprint density at radius 3 is 2.79 bits per heavy atom. The molecule has 0 unspecified atom stereocenters. The number of nitrogens with zero attached hydrogens (tertiary/aromatic N) is 4. The van der Waals surface area contributed by atoms with Gasteiger partial charge < -0.3 is 10.4 Å². The van der Waals surface area contributed by atoms with Crippen molar-refractivity contribution in [3.05, 3.63) is 45.9 Å². The van der Waals surface area contributed by atoms with Gasteiger partial charge in [0.15, 0.2) is 21.5 Å². The van der Waals surface area contributed by atoms with Crippen molar-refractivity contribution in [1.29, 1.82) is 0 Å². The van der Waals surface area contributed by atoms with Gasteiger partial charge in [0.1, 0.15) is 0 Å². The molecule has 1 aliphatic heterocycles. The molecule has 3 aromatic rings. The van der Waals surface area contributed by atoms with Crippen LogP contribution in [0.5, 0.6) is 0 Å². The molecule has 13 heteroatoms. The number of aromatic nitrogens is 4. The van der Waals surface area contributed by atoms with Crippen LogP contribution in [-0.4, -0.2) is 51.4 Å². The largest absolute Gasteiger partial charge is 0.505 e. The molecule has 0 bridgehead atoms. The van der Waals surface area contributed by atoms with E-state index in [-0.39, 0.29) is 14.1 Å². The van der Waals surface area contributed by atoms with Crippen LogP contribution in [0.1, 0.15) is 5.56 Å². The van der Waals surface area contributed by atoms with Crippen LogP contribution < -0.4 is 5.32 Å². The number of halogens is 1. The molecule has 0 fully saturated rings. The number of fused-ring (bicyclic) bond motifs is 1. The van der Waals surface area contributed by atoms with Crippen LogP contribution in [0.25, 0.3) is 17.1 Å². The van der Waals surface area contributed by atoms with Gasteiger partial charge in [-0.2, -0.15) is 0 Å². The third-order valence-corrected chi connectivity index (χ3v) is 7.58. The van der Waals surface area contributed by atoms with Crippen molar-refractivity contribution in [2.75, 3.05) is 12.4 Å². The molecule has 2 aromatic heterocycles. The van der Waals surface area contributed by atoms with E-state index in [2.05, 4.69) is 25.9 Å². The van der Waals surface area contributed by atoms with Gasteiger partial charge in [0.25, 0.3) is 15.9 Å². The number of likely N-dealkylation sites (N-methyl/N-ethyl adjacent to an activating group) is 1. The van der Waals surface area contributed by atoms with Crippen LogP contribution in [0.4, 0.5) is 5.69 Å². The highest BCUT2D eigenvalue weighted by atomic mass is 35.5. The van der Waals surface area contributed by atoms with Gasteiger partial charge in [-0.15, -0.1) is 16.4 Å². The molecule has 0 atom stereocenters. The average Bonchev–Trinajstić information content (AvgIpc) is 3.31. The first-order valence-electron chi connectivity index (χ1n) is 7.67. The molecule has 0 spiro atoms. The molecule has 0 aliphatic carbocycles. The number of amides is 1. The van der Waals surface area contributed by atoms with Gasteiger partial charge in [-0.05, 0) is 28.6 Å². The summed E-state index contributed by atoms with van der Waals surface area (Å²) in [5.74, 6) is -0.992. The van der Waals surface area contributed by atoms with Crippen molar-refractivity contribution in [3.63, 3.8) is 0 Å². The molecular formula is C15H11ClN6O4S2. The van der Waals surface area contributed by atoms with E-state index in [1.54, 1.807) is 24.3 Å². The number of carbonyl (C=O) groups is 1. The van der Waals surface area contributed by atoms with Gasteiger partial charge in [0, 0.05) is 12.6 Å². The summed E-state index contributed by atoms with van der Waals surface area (Å²) < 4.78 is 26.2. The van der Waals surface area contributed by atoms with Crippen LogP contribution in [0.2, 0.25) is 4.34 Å². The average molecular weight is 439 g/mol. The molecule has 1 aromatic carbocycles. The van der Waals surface area contributed by atoms with E-state index in [0.717, 1.165) is 15.6 Å². The smallest absolute Gasteiger partial charge is 0.276 e. The van der Waals surface area contributed by atoms with E-state index in [1.165, 1.54) is 13.1 Å². The maximum absolute atomic E-state index is 12.9. The highest BCUT2D eigenvalue weighted by molar-refractivity contribution is 7.91. The zero-order valence-electron chi connectivity index (χ0n) is 14.0. The summed E-state index contributed by atoms with van der Waals surface area (Å²) in [5.41, 5.74) is 0.381. The van der Waals surface area contributed by atoms with Crippen molar-refractivity contribution in [3.8, 4) is 11.4 Å². The summed E-state index contributed by atoms with van der Waals surface area (Å²) in [6.07, 6.45) is 0. The third kappa shape index (κ3) is 2.82. The second kappa shape index (κ2) is 6.58. The standard InChI is InChI=1S/C15H11ClN6O4S2/c1-22-11(12(23)8-6-10(16)27-15(8)28(22,25)26)14(24)17-9-5-3-2-4-7(9)13-18-20-21-19-13/h2-6,23H,1H3,(H,17,24)(H,18,19,20,21). The number of para-hydroxylation sites is 1. The zero-order chi connectivity index (χ0) is 20.1. The molecular weight excluding hydrogens is 428 g/mol. The number of aromatic amines is 1. The molecule has 28 heavy (non-hydrogen) atoms. The molecule has 1 amide bonds. The fraction of sp³-hybridized carbons (Fsp3) is 0.0667. The van der Waals surface area contributed by atoms with E-state index in [1.807, 2.05) is 0 Å². The minimum atomic E-state index is -4.02. The number of carbonyl (C=O) groups excluding carboxylic acids is 1. The first-order valence-corrected chi connectivity index (χ1v) is 10.3. The van der Waals surface area contributed by atoms with Crippen LogP contribution in [-0.2, 0) is 14.8 Å². The number of thiophene rings is 1. The van der Waals surface area contributed by atoms with E-state index in [9.17, 15) is 18.3 Å². The van der Waals surface area contributed by atoms with Crippen LogP contribution in [0.3, 0.4) is 0 Å². The summed E-state index contributed by atoms with van der Waals surface area (Å²) in [7, 11) is -2.84. The number of benzene rings is 1. The lowest BCUT2D eigenvalue weighted by atomic mass is 10.1. The molecule has 4 rings (SSSR count). The highest BCUT2D eigenvalue weighted by Gasteiger charge is 2.40. The van der Waals surface area contributed by atoms with Gasteiger partial charge >= 0.3 is 0 Å². The van der Waals surface area contributed by atoms with E-state index < -0.39 is 27.4 Å². The van der Waals surface area contributed by atoms with E-state index in [0.29, 0.717) is 17.1 Å². The lowest BCUT2D eigenvalue weighted by molar-refractivity contribution is -0.113. The number of hydrogen-bond acceptors (Lipinski definition) is 8. The Hall–Kier alpha value is -2.96. The van der Waals surface area contributed by atoms with E-state index >= 15 is 0 Å². The Balaban J connectivity index is 1.77. The lowest BCUT2D eigenvalue weighted by Crippen LogP contribution is -2.36. The molecule has 1 aliphatic rings. The van der Waals surface area contributed by atoms with Gasteiger partial charge in [-0.3, -0.25) is 9.10 Å². The summed E-state index contributed by atoms with van der Waals surface area (Å²) in [4.78, 5) is 12.9. The number of rotatable bonds is 3. The zero-order valence-corrected chi connectivity index (χ0v) is 16.4. The second-order valence-corrected chi connectivity index (χ2v) is 9.52. The summed E-state index contributed by atoms with van der Waals surface area (Å²) >= 11 is 6.71. The summed E-state index contributed by atoms with van der Waals surface area (Å²) in [6.45, 7) is 0. The summed E-state index contributed by atoms with van der Waals surface area (Å²) in [5, 5.41) is 26.5. The second-order valence-electron chi connectivity index (χ2n) is 5.67. The Morgan fingerprint density at radius 2 is 2.07 bits per heavy atom. The monoisotopic (exact) mass is 438 g/mol.